The number of nitrogens with zero attached hydrogens (tertiary/aromatic N) is 1. The highest BCUT2D eigenvalue weighted by atomic mass is 15.2. The summed E-state index contributed by atoms with van der Waals surface area (Å²) in [4.78, 5) is 2.52. The molecule has 0 aromatic heterocycles. The Kier molecular flexibility index (Phi) is 9.72. The van der Waals surface area contributed by atoms with E-state index in [0.717, 1.165) is 12.5 Å². The van der Waals surface area contributed by atoms with Crippen LogP contribution in [0.2, 0.25) is 0 Å². The van der Waals surface area contributed by atoms with E-state index in [-0.39, 0.29) is 5.54 Å². The van der Waals surface area contributed by atoms with E-state index >= 15 is 0 Å². The third kappa shape index (κ3) is 7.31. The molecule has 2 nitrogen and oxygen atoms in total. The maximum Gasteiger partial charge on any atom is 0.0303 e. The van der Waals surface area contributed by atoms with Crippen molar-refractivity contribution >= 4 is 0 Å². The quantitative estimate of drug-likeness (QED) is 0.563. The molecule has 2 unspecified atom stereocenters. The molecule has 2 N–H and O–H groups in total. The molecule has 0 bridgehead atoms. The van der Waals surface area contributed by atoms with Crippen LogP contribution in [0.15, 0.2) is 0 Å². The van der Waals surface area contributed by atoms with Crippen molar-refractivity contribution in [3.63, 3.8) is 0 Å². The van der Waals surface area contributed by atoms with Gasteiger partial charge in [0.05, 0.1) is 0 Å². The SMILES string of the molecule is CCCCCCCC(C)(CN)N(C)C(C)CC(C)C. The van der Waals surface area contributed by atoms with Gasteiger partial charge in [0.25, 0.3) is 0 Å². The number of rotatable bonds is 11. The van der Waals surface area contributed by atoms with Crippen LogP contribution in [0.25, 0.3) is 0 Å². The molecule has 0 rings (SSSR count). The van der Waals surface area contributed by atoms with Gasteiger partial charge in [0.2, 0.25) is 0 Å². The van der Waals surface area contributed by atoms with Gasteiger partial charge in [-0.15, -0.1) is 0 Å². The van der Waals surface area contributed by atoms with Crippen molar-refractivity contribution in [1.82, 2.24) is 4.90 Å². The van der Waals surface area contributed by atoms with Gasteiger partial charge in [-0.3, -0.25) is 4.90 Å². The fourth-order valence-corrected chi connectivity index (χ4v) is 2.90. The van der Waals surface area contributed by atoms with Gasteiger partial charge in [0, 0.05) is 18.1 Å². The molecular weight excluding hydrogens is 232 g/mol. The van der Waals surface area contributed by atoms with Crippen molar-refractivity contribution in [1.29, 1.82) is 0 Å². The van der Waals surface area contributed by atoms with Crippen LogP contribution in [0, 0.1) is 5.92 Å². The zero-order valence-electron chi connectivity index (χ0n) is 14.3. The van der Waals surface area contributed by atoms with Crippen molar-refractivity contribution in [3.8, 4) is 0 Å². The van der Waals surface area contributed by atoms with Gasteiger partial charge in [-0.2, -0.15) is 0 Å². The highest BCUT2D eigenvalue weighted by molar-refractivity contribution is 4.88. The van der Waals surface area contributed by atoms with E-state index in [1.807, 2.05) is 0 Å². The molecule has 0 aliphatic rings. The van der Waals surface area contributed by atoms with E-state index in [4.69, 9.17) is 5.73 Å². The lowest BCUT2D eigenvalue weighted by molar-refractivity contribution is 0.0789. The lowest BCUT2D eigenvalue weighted by Crippen LogP contribution is -2.53. The lowest BCUT2D eigenvalue weighted by Gasteiger charge is -2.42. The second kappa shape index (κ2) is 9.77. The standard InChI is InChI=1S/C17H38N2/c1-7-8-9-10-11-12-17(5,14-18)19(6)16(4)13-15(2)3/h15-16H,7-14,18H2,1-6H3. The molecular formula is C17H38N2. The second-order valence-electron chi connectivity index (χ2n) is 6.95. The predicted molar refractivity (Wildman–Crippen MR) is 87.5 cm³/mol. The molecule has 0 fully saturated rings. The monoisotopic (exact) mass is 270 g/mol. The van der Waals surface area contributed by atoms with Crippen molar-refractivity contribution in [2.45, 2.75) is 91.1 Å². The zero-order valence-corrected chi connectivity index (χ0v) is 14.3. The van der Waals surface area contributed by atoms with Gasteiger partial charge in [-0.05, 0) is 39.7 Å². The fraction of sp³-hybridized carbons (Fsp3) is 1.00. The summed E-state index contributed by atoms with van der Waals surface area (Å²) in [6, 6.07) is 0.615. The maximum absolute atomic E-state index is 6.08. The molecule has 0 aliphatic carbocycles. The van der Waals surface area contributed by atoms with E-state index in [1.165, 1.54) is 44.9 Å². The van der Waals surface area contributed by atoms with Crippen LogP contribution in [0.5, 0.6) is 0 Å². The molecule has 0 amide bonds. The van der Waals surface area contributed by atoms with Gasteiger partial charge in [-0.1, -0.05) is 52.9 Å². The molecule has 0 aromatic carbocycles. The normalized spacial score (nSPS) is 16.9. The molecule has 0 saturated carbocycles. The van der Waals surface area contributed by atoms with Crippen LogP contribution < -0.4 is 5.73 Å². The number of hydrogen-bond donors (Lipinski definition) is 1. The summed E-state index contributed by atoms with van der Waals surface area (Å²) in [5.41, 5.74) is 6.24. The van der Waals surface area contributed by atoms with E-state index in [9.17, 15) is 0 Å². The Morgan fingerprint density at radius 2 is 1.63 bits per heavy atom. The summed E-state index contributed by atoms with van der Waals surface area (Å²) in [5.74, 6) is 0.754. The maximum atomic E-state index is 6.08. The van der Waals surface area contributed by atoms with Gasteiger partial charge < -0.3 is 5.73 Å². The first kappa shape index (κ1) is 18.9. The van der Waals surface area contributed by atoms with Crippen LogP contribution in [-0.4, -0.2) is 30.1 Å². The van der Waals surface area contributed by atoms with Crippen LogP contribution in [-0.2, 0) is 0 Å². The summed E-state index contributed by atoms with van der Waals surface area (Å²) in [6.45, 7) is 12.3. The van der Waals surface area contributed by atoms with Crippen molar-refractivity contribution in [2.75, 3.05) is 13.6 Å². The van der Waals surface area contributed by atoms with Crippen LogP contribution >= 0.6 is 0 Å². The molecule has 116 valence electrons. The highest BCUT2D eigenvalue weighted by Gasteiger charge is 2.30. The first-order chi connectivity index (χ1) is 8.87. The first-order valence-electron chi connectivity index (χ1n) is 8.30. The smallest absolute Gasteiger partial charge is 0.0303 e. The molecule has 0 aliphatic heterocycles. The molecule has 0 saturated heterocycles. The van der Waals surface area contributed by atoms with Crippen LogP contribution in [0.4, 0.5) is 0 Å². The Hall–Kier alpha value is -0.0800. The molecule has 0 heterocycles. The van der Waals surface area contributed by atoms with E-state index in [0.29, 0.717) is 6.04 Å². The molecule has 2 heteroatoms. The molecule has 19 heavy (non-hydrogen) atoms. The van der Waals surface area contributed by atoms with E-state index < -0.39 is 0 Å². The second-order valence-corrected chi connectivity index (χ2v) is 6.95. The topological polar surface area (TPSA) is 29.3 Å². The number of likely N-dealkylation sites (N-methyl/N-ethyl adjacent to an activating group) is 1. The first-order valence-corrected chi connectivity index (χ1v) is 8.30. The Balaban J connectivity index is 4.24. The summed E-state index contributed by atoms with van der Waals surface area (Å²) >= 11 is 0. The third-order valence-electron chi connectivity index (χ3n) is 4.58. The predicted octanol–water partition coefficient (Wildman–Crippen LogP) is 4.43. The molecule has 0 spiro atoms. The highest BCUT2D eigenvalue weighted by Crippen LogP contribution is 2.25. The third-order valence-corrected chi connectivity index (χ3v) is 4.58. The molecule has 2 atom stereocenters. The Morgan fingerprint density at radius 3 is 2.11 bits per heavy atom. The molecule has 0 radical (unpaired) electrons. The largest absolute Gasteiger partial charge is 0.329 e. The summed E-state index contributed by atoms with van der Waals surface area (Å²) in [6.07, 6.45) is 9.22. The van der Waals surface area contributed by atoms with Gasteiger partial charge >= 0.3 is 0 Å². The minimum atomic E-state index is 0.167. The van der Waals surface area contributed by atoms with E-state index in [1.54, 1.807) is 0 Å². The summed E-state index contributed by atoms with van der Waals surface area (Å²) < 4.78 is 0. The minimum Gasteiger partial charge on any atom is -0.329 e. The summed E-state index contributed by atoms with van der Waals surface area (Å²) in [5, 5.41) is 0. The number of hydrogen-bond acceptors (Lipinski definition) is 2. The summed E-state index contributed by atoms with van der Waals surface area (Å²) in [7, 11) is 2.26. The van der Waals surface area contributed by atoms with Crippen LogP contribution in [0.3, 0.4) is 0 Å². The number of nitrogens with two attached hydrogens (primary N) is 1. The molecule has 0 aromatic rings. The van der Waals surface area contributed by atoms with Crippen molar-refractivity contribution < 1.29 is 0 Å². The van der Waals surface area contributed by atoms with Crippen molar-refractivity contribution in [3.05, 3.63) is 0 Å². The van der Waals surface area contributed by atoms with E-state index in [2.05, 4.69) is 46.6 Å². The average Bonchev–Trinajstić information content (AvgIpc) is 2.36. The van der Waals surface area contributed by atoms with Crippen LogP contribution in [0.1, 0.15) is 79.6 Å². The lowest BCUT2D eigenvalue weighted by atomic mass is 9.89. The fourth-order valence-electron chi connectivity index (χ4n) is 2.90. The Bertz CT molecular complexity index is 215. The minimum absolute atomic E-state index is 0.167. The number of unbranched alkanes of at least 4 members (excludes halogenated alkanes) is 4. The van der Waals surface area contributed by atoms with Gasteiger partial charge in [0.1, 0.15) is 0 Å². The Morgan fingerprint density at radius 1 is 1.05 bits per heavy atom. The zero-order chi connectivity index (χ0) is 14.9. The van der Waals surface area contributed by atoms with Gasteiger partial charge in [-0.25, -0.2) is 0 Å². The van der Waals surface area contributed by atoms with Crippen molar-refractivity contribution in [2.24, 2.45) is 11.7 Å². The Labute approximate surface area is 122 Å². The van der Waals surface area contributed by atoms with Gasteiger partial charge in [0.15, 0.2) is 0 Å². The average molecular weight is 271 g/mol.